The first-order valence-corrected chi connectivity index (χ1v) is 15.9. The fraction of sp³-hybridized carbons (Fsp3) is 0.531. The van der Waals surface area contributed by atoms with Crippen LogP contribution >= 0.6 is 0 Å². The van der Waals surface area contributed by atoms with Gasteiger partial charge in [0, 0.05) is 17.7 Å². The number of ether oxygens (including phenoxy) is 6. The molecule has 0 amide bonds. The monoisotopic (exact) mass is 742 g/mol. The second-order valence-electron chi connectivity index (χ2n) is 12.8. The van der Waals surface area contributed by atoms with E-state index in [0.717, 1.165) is 24.3 Å². The topological polar surface area (TPSA) is 328 Å². The van der Waals surface area contributed by atoms with Crippen LogP contribution in [0.4, 0.5) is 0 Å². The summed E-state index contributed by atoms with van der Waals surface area (Å²) in [6.07, 6.45) is -20.6. The van der Waals surface area contributed by atoms with Crippen molar-refractivity contribution in [1.29, 1.82) is 0 Å². The Balaban J connectivity index is 1.39. The van der Waals surface area contributed by atoms with Gasteiger partial charge in [-0.3, -0.25) is 4.79 Å². The van der Waals surface area contributed by atoms with Crippen molar-refractivity contribution >= 4 is 11.0 Å². The summed E-state index contributed by atoms with van der Waals surface area (Å²) in [4.78, 5) is 14.0. The Labute approximate surface area is 292 Å². The number of phenolic OH excluding ortho intramolecular Hbond substituents is 4. The summed E-state index contributed by atoms with van der Waals surface area (Å²) < 4.78 is 39.7. The van der Waals surface area contributed by atoms with Crippen LogP contribution < -0.4 is 10.2 Å². The van der Waals surface area contributed by atoms with Gasteiger partial charge in [-0.2, -0.15) is 0 Å². The van der Waals surface area contributed by atoms with Crippen molar-refractivity contribution in [3.63, 3.8) is 0 Å². The van der Waals surface area contributed by atoms with Crippen LogP contribution in [-0.4, -0.2) is 161 Å². The zero-order valence-electron chi connectivity index (χ0n) is 27.1. The van der Waals surface area contributed by atoms with Crippen molar-refractivity contribution in [1.82, 2.24) is 0 Å². The summed E-state index contributed by atoms with van der Waals surface area (Å²) in [6, 6.07) is 5.08. The molecule has 0 unspecified atom stereocenters. The maximum atomic E-state index is 14.0. The molecule has 13 atom stereocenters. The highest BCUT2D eigenvalue weighted by molar-refractivity contribution is 5.88. The molecule has 12 N–H and O–H groups in total. The second kappa shape index (κ2) is 14.5. The van der Waals surface area contributed by atoms with Gasteiger partial charge in [0.15, 0.2) is 35.9 Å². The van der Waals surface area contributed by atoms with Crippen LogP contribution in [0.15, 0.2) is 39.5 Å². The molecule has 0 radical (unpaired) electrons. The standard InChI is InChI=1S/C32H38O20/c1-10-19(38)22(41)24(43)29(48-10)46-7-17-20(39)23(42)27(52-31-28(44)32(45,8-33)9-47-31)30(50-17)51-26-21(40)18-15(37)5-12(34)6-16(18)49-25(26)11-2-3-13(35)14(36)4-11/h2-6,10,17,19-20,22-24,27-31,33-39,41-45H,7-9H2,1H3/t10-,17-,19-,20-,22-,23-,24+,27-,28+,29+,30+,31-,32-/m0/s1. The van der Waals surface area contributed by atoms with E-state index in [1.165, 1.54) is 13.0 Å². The number of hydrogen-bond acceptors (Lipinski definition) is 20. The molecule has 52 heavy (non-hydrogen) atoms. The summed E-state index contributed by atoms with van der Waals surface area (Å²) >= 11 is 0. The third-order valence-electron chi connectivity index (χ3n) is 9.14. The van der Waals surface area contributed by atoms with Gasteiger partial charge in [-0.15, -0.1) is 0 Å². The van der Waals surface area contributed by atoms with E-state index in [2.05, 4.69) is 0 Å². The lowest BCUT2D eigenvalue weighted by atomic mass is 9.97. The molecule has 3 aliphatic heterocycles. The molecule has 0 aliphatic carbocycles. The van der Waals surface area contributed by atoms with Crippen molar-refractivity contribution in [2.24, 2.45) is 0 Å². The molecular weight excluding hydrogens is 704 g/mol. The van der Waals surface area contributed by atoms with Gasteiger partial charge >= 0.3 is 0 Å². The van der Waals surface area contributed by atoms with E-state index in [1.54, 1.807) is 0 Å². The number of benzene rings is 2. The van der Waals surface area contributed by atoms with Gasteiger partial charge < -0.3 is 94.1 Å². The zero-order valence-corrected chi connectivity index (χ0v) is 27.1. The minimum atomic E-state index is -2.19. The Morgan fingerprint density at radius 1 is 0.827 bits per heavy atom. The third-order valence-corrected chi connectivity index (χ3v) is 9.14. The van der Waals surface area contributed by atoms with Crippen molar-refractivity contribution in [3.8, 4) is 40.1 Å². The van der Waals surface area contributed by atoms with Gasteiger partial charge in [0.25, 0.3) is 0 Å². The highest BCUT2D eigenvalue weighted by atomic mass is 16.8. The van der Waals surface area contributed by atoms with Crippen molar-refractivity contribution in [2.45, 2.75) is 86.3 Å². The van der Waals surface area contributed by atoms with Crippen LogP contribution in [0.25, 0.3) is 22.3 Å². The number of aromatic hydroxyl groups is 4. The Morgan fingerprint density at radius 3 is 2.23 bits per heavy atom. The van der Waals surface area contributed by atoms with Gasteiger partial charge in [0.2, 0.25) is 17.5 Å². The molecular formula is C32H38O20. The maximum absolute atomic E-state index is 14.0. The molecule has 6 rings (SSSR count). The second-order valence-corrected chi connectivity index (χ2v) is 12.8. The van der Waals surface area contributed by atoms with Crippen LogP contribution in [-0.2, 0) is 23.7 Å². The van der Waals surface area contributed by atoms with Crippen molar-refractivity contribution < 1.29 is 94.1 Å². The largest absolute Gasteiger partial charge is 0.508 e. The van der Waals surface area contributed by atoms with Crippen molar-refractivity contribution in [2.75, 3.05) is 19.8 Å². The fourth-order valence-electron chi connectivity index (χ4n) is 6.03. The summed E-state index contributed by atoms with van der Waals surface area (Å²) in [6.45, 7) is -0.880. The van der Waals surface area contributed by atoms with E-state index in [0.29, 0.717) is 0 Å². The molecule has 3 saturated heterocycles. The molecule has 0 saturated carbocycles. The van der Waals surface area contributed by atoms with E-state index in [9.17, 15) is 66.1 Å². The van der Waals surface area contributed by atoms with Gasteiger partial charge in [0.05, 0.1) is 25.9 Å². The van der Waals surface area contributed by atoms with Crippen molar-refractivity contribution in [3.05, 3.63) is 40.6 Å². The molecule has 20 nitrogen and oxygen atoms in total. The molecule has 0 spiro atoms. The normalized spacial score (nSPS) is 36.6. The smallest absolute Gasteiger partial charge is 0.239 e. The summed E-state index contributed by atoms with van der Waals surface area (Å²) in [5, 5.41) is 124. The average molecular weight is 743 g/mol. The van der Waals surface area contributed by atoms with E-state index < -0.39 is 145 Å². The van der Waals surface area contributed by atoms with Gasteiger partial charge in [0.1, 0.15) is 70.8 Å². The molecule has 2 aromatic carbocycles. The fourth-order valence-corrected chi connectivity index (χ4v) is 6.03. The third kappa shape index (κ3) is 6.85. The molecule has 3 fully saturated rings. The zero-order chi connectivity index (χ0) is 37.8. The summed E-state index contributed by atoms with van der Waals surface area (Å²) in [5.74, 6) is -3.68. The van der Waals surface area contributed by atoms with E-state index in [-0.39, 0.29) is 11.1 Å². The predicted molar refractivity (Wildman–Crippen MR) is 167 cm³/mol. The Morgan fingerprint density at radius 2 is 1.56 bits per heavy atom. The molecule has 3 aliphatic rings. The highest BCUT2D eigenvalue weighted by Crippen LogP contribution is 2.40. The number of hydrogen-bond donors (Lipinski definition) is 12. The number of aliphatic hydroxyl groups is 8. The van der Waals surface area contributed by atoms with Crippen LogP contribution in [0.2, 0.25) is 0 Å². The van der Waals surface area contributed by atoms with Gasteiger partial charge in [-0.1, -0.05) is 0 Å². The minimum Gasteiger partial charge on any atom is -0.508 e. The SMILES string of the molecule is C[C@@H]1O[C@@H](OC[C@@H]2O[C@H](Oc3c(-c4ccc(O)c(O)c4)oc4cc(O)cc(O)c4c3=O)[C@@H](O[C@@H]3OC[C@@](O)(CO)[C@@H]3O)[C@@H](O)[C@H]2O)[C@H](O)[C@@H](O)[C@H]1O. The van der Waals surface area contributed by atoms with Gasteiger partial charge in [-0.05, 0) is 25.1 Å². The minimum absolute atomic E-state index is 0.0956. The first-order valence-electron chi connectivity index (χ1n) is 15.9. The lowest BCUT2D eigenvalue weighted by molar-refractivity contribution is -0.335. The average Bonchev–Trinajstić information content (AvgIpc) is 3.39. The number of aliphatic hydroxyl groups excluding tert-OH is 7. The molecule has 286 valence electrons. The summed E-state index contributed by atoms with van der Waals surface area (Å²) in [5.41, 5.74) is -3.73. The molecule has 3 aromatic rings. The van der Waals surface area contributed by atoms with Crippen LogP contribution in [0, 0.1) is 0 Å². The molecule has 1 aromatic heterocycles. The lowest BCUT2D eigenvalue weighted by Gasteiger charge is -2.44. The van der Waals surface area contributed by atoms with Crippen LogP contribution in [0.5, 0.6) is 28.7 Å². The Kier molecular flexibility index (Phi) is 10.6. The molecule has 4 heterocycles. The van der Waals surface area contributed by atoms with E-state index >= 15 is 0 Å². The Bertz CT molecular complexity index is 1820. The molecule has 0 bridgehead atoms. The van der Waals surface area contributed by atoms with E-state index in [1.807, 2.05) is 0 Å². The number of phenols is 4. The van der Waals surface area contributed by atoms with Gasteiger partial charge in [-0.25, -0.2) is 0 Å². The molecule has 20 heteroatoms. The predicted octanol–water partition coefficient (Wildman–Crippen LogP) is -3.22. The quantitative estimate of drug-likeness (QED) is 0.0959. The Hall–Kier alpha value is -3.87. The van der Waals surface area contributed by atoms with E-state index in [4.69, 9.17) is 32.8 Å². The number of fused-ring (bicyclic) bond motifs is 1. The lowest BCUT2D eigenvalue weighted by Crippen LogP contribution is -2.63. The highest BCUT2D eigenvalue weighted by Gasteiger charge is 2.54. The van der Waals surface area contributed by atoms with Crippen LogP contribution in [0.3, 0.4) is 0 Å². The first-order chi connectivity index (χ1) is 24.5. The van der Waals surface area contributed by atoms with Crippen LogP contribution in [0.1, 0.15) is 6.92 Å². The number of rotatable bonds is 9. The first kappa shape index (κ1) is 37.9. The summed E-state index contributed by atoms with van der Waals surface area (Å²) in [7, 11) is 0. The maximum Gasteiger partial charge on any atom is 0.239 e.